The number of hydrogen-bond donors (Lipinski definition) is 1. The minimum atomic E-state index is 0.950. The monoisotopic (exact) mass is 361 g/mol. The number of nitrogens with zero attached hydrogens (tertiary/aromatic N) is 2. The second-order valence-corrected chi connectivity index (χ2v) is 8.30. The number of nitrogens with one attached hydrogen (secondary N) is 1. The van der Waals surface area contributed by atoms with Gasteiger partial charge in [0.05, 0.1) is 0 Å². The van der Waals surface area contributed by atoms with Crippen LogP contribution in [0.1, 0.15) is 41.6 Å². The van der Waals surface area contributed by atoms with Crippen LogP contribution >= 0.6 is 0 Å². The first-order chi connectivity index (χ1) is 13.0. The zero-order chi connectivity index (χ0) is 19.0. The summed E-state index contributed by atoms with van der Waals surface area (Å²) in [6, 6.07) is 11.2. The van der Waals surface area contributed by atoms with Gasteiger partial charge in [-0.05, 0) is 82.2 Å². The molecule has 0 radical (unpaired) electrons. The number of aryl methyl sites for hydroxylation is 5. The number of benzene rings is 2. The van der Waals surface area contributed by atoms with Crippen LogP contribution in [-0.4, -0.2) is 22.9 Å². The van der Waals surface area contributed by atoms with Gasteiger partial charge in [0.15, 0.2) is 0 Å². The molecule has 0 aliphatic heterocycles. The average molecular weight is 362 g/mol. The van der Waals surface area contributed by atoms with E-state index in [4.69, 9.17) is 5.10 Å². The lowest BCUT2D eigenvalue weighted by Gasteiger charge is -2.12. The molecular weight excluding hydrogens is 330 g/mol. The maximum atomic E-state index is 4.93. The Morgan fingerprint density at radius 1 is 1.11 bits per heavy atom. The normalized spacial score (nSPS) is 14.2. The Morgan fingerprint density at radius 3 is 2.56 bits per heavy atom. The first-order valence-corrected chi connectivity index (χ1v) is 10.3. The highest BCUT2D eigenvalue weighted by atomic mass is 15.3. The zero-order valence-electron chi connectivity index (χ0n) is 17.1. The van der Waals surface area contributed by atoms with E-state index in [-0.39, 0.29) is 0 Å². The van der Waals surface area contributed by atoms with Crippen LogP contribution in [0, 0.1) is 26.7 Å². The van der Waals surface area contributed by atoms with Crippen LogP contribution in [0.2, 0.25) is 0 Å². The van der Waals surface area contributed by atoms with Gasteiger partial charge in [-0.2, -0.15) is 5.10 Å². The van der Waals surface area contributed by atoms with Gasteiger partial charge in [0.25, 0.3) is 0 Å². The van der Waals surface area contributed by atoms with Crippen molar-refractivity contribution in [1.82, 2.24) is 15.1 Å². The minimum absolute atomic E-state index is 0.950. The van der Waals surface area contributed by atoms with E-state index in [1.807, 2.05) is 0 Å². The molecule has 0 amide bonds. The van der Waals surface area contributed by atoms with Crippen LogP contribution in [0.4, 0.5) is 0 Å². The van der Waals surface area contributed by atoms with E-state index in [0.717, 1.165) is 30.8 Å². The summed E-state index contributed by atoms with van der Waals surface area (Å²) in [7, 11) is 2.09. The van der Waals surface area contributed by atoms with Crippen molar-refractivity contribution in [2.45, 2.75) is 46.5 Å². The summed E-state index contributed by atoms with van der Waals surface area (Å²) in [6.07, 6.45) is 5.06. The standard InChI is InChI=1S/C24H31N3/c1-16-13-17(2)23(18(3)14-16)21-8-5-7-20-22(27(4)26-24(20)21)9-6-12-25-15-19-10-11-19/h5,7-8,13-14,19,25H,6,9-12,15H2,1-4H3. The highest BCUT2D eigenvalue weighted by Crippen LogP contribution is 2.34. The third-order valence-corrected chi connectivity index (χ3v) is 5.83. The average Bonchev–Trinajstić information content (AvgIpc) is 3.37. The molecule has 1 N–H and O–H groups in total. The Kier molecular flexibility index (Phi) is 5.05. The molecule has 4 rings (SSSR count). The van der Waals surface area contributed by atoms with Crippen molar-refractivity contribution in [2.24, 2.45) is 13.0 Å². The maximum absolute atomic E-state index is 4.93. The molecule has 0 spiro atoms. The molecule has 142 valence electrons. The second-order valence-electron chi connectivity index (χ2n) is 8.30. The van der Waals surface area contributed by atoms with Crippen molar-refractivity contribution in [3.63, 3.8) is 0 Å². The topological polar surface area (TPSA) is 29.9 Å². The van der Waals surface area contributed by atoms with Crippen LogP contribution in [0.25, 0.3) is 22.0 Å². The lowest BCUT2D eigenvalue weighted by atomic mass is 9.92. The Hall–Kier alpha value is -2.13. The molecule has 3 heteroatoms. The predicted octanol–water partition coefficient (Wildman–Crippen LogP) is 5.10. The van der Waals surface area contributed by atoms with Crippen molar-refractivity contribution in [3.8, 4) is 11.1 Å². The molecule has 1 aliphatic rings. The Bertz CT molecular complexity index is 940. The summed E-state index contributed by atoms with van der Waals surface area (Å²) in [5.74, 6) is 0.950. The highest BCUT2D eigenvalue weighted by Gasteiger charge is 2.20. The molecule has 3 aromatic rings. The smallest absolute Gasteiger partial charge is 0.100 e. The Morgan fingerprint density at radius 2 is 1.85 bits per heavy atom. The van der Waals surface area contributed by atoms with Crippen LogP contribution < -0.4 is 5.32 Å². The van der Waals surface area contributed by atoms with Crippen LogP contribution in [0.15, 0.2) is 30.3 Å². The summed E-state index contributed by atoms with van der Waals surface area (Å²) in [5, 5.41) is 9.83. The van der Waals surface area contributed by atoms with Gasteiger partial charge in [0.2, 0.25) is 0 Å². The highest BCUT2D eigenvalue weighted by molar-refractivity contribution is 5.96. The molecule has 1 heterocycles. The lowest BCUT2D eigenvalue weighted by molar-refractivity contribution is 0.600. The number of hydrogen-bond acceptors (Lipinski definition) is 2. The lowest BCUT2D eigenvalue weighted by Crippen LogP contribution is -2.18. The van der Waals surface area contributed by atoms with Gasteiger partial charge in [0, 0.05) is 23.7 Å². The molecule has 1 saturated carbocycles. The van der Waals surface area contributed by atoms with Crippen molar-refractivity contribution in [1.29, 1.82) is 0 Å². The SMILES string of the molecule is Cc1cc(C)c(-c2cccc3c(CCCNCC4CC4)n(C)nc23)c(C)c1. The third kappa shape index (κ3) is 3.79. The van der Waals surface area contributed by atoms with Gasteiger partial charge >= 0.3 is 0 Å². The number of rotatable bonds is 7. The minimum Gasteiger partial charge on any atom is -0.316 e. The summed E-state index contributed by atoms with van der Waals surface area (Å²) < 4.78 is 2.09. The number of aromatic nitrogens is 2. The molecule has 1 aliphatic carbocycles. The molecule has 0 unspecified atom stereocenters. The van der Waals surface area contributed by atoms with E-state index in [9.17, 15) is 0 Å². The molecular formula is C24H31N3. The first-order valence-electron chi connectivity index (χ1n) is 10.3. The maximum Gasteiger partial charge on any atom is 0.100 e. The zero-order valence-corrected chi connectivity index (χ0v) is 17.1. The van der Waals surface area contributed by atoms with Gasteiger partial charge in [-0.1, -0.05) is 35.9 Å². The van der Waals surface area contributed by atoms with Crippen molar-refractivity contribution in [2.75, 3.05) is 13.1 Å². The van der Waals surface area contributed by atoms with Gasteiger partial charge in [0.1, 0.15) is 5.52 Å². The summed E-state index contributed by atoms with van der Waals surface area (Å²) in [5.41, 5.74) is 9.06. The Balaban J connectivity index is 1.62. The molecule has 1 fully saturated rings. The molecule has 0 saturated heterocycles. The fourth-order valence-corrected chi connectivity index (χ4v) is 4.38. The van der Waals surface area contributed by atoms with E-state index in [1.54, 1.807) is 0 Å². The summed E-state index contributed by atoms with van der Waals surface area (Å²) >= 11 is 0. The summed E-state index contributed by atoms with van der Waals surface area (Å²) in [4.78, 5) is 0. The third-order valence-electron chi connectivity index (χ3n) is 5.83. The van der Waals surface area contributed by atoms with Crippen molar-refractivity contribution in [3.05, 3.63) is 52.7 Å². The molecule has 27 heavy (non-hydrogen) atoms. The largest absolute Gasteiger partial charge is 0.316 e. The van der Waals surface area contributed by atoms with Gasteiger partial charge < -0.3 is 5.32 Å². The van der Waals surface area contributed by atoms with Crippen molar-refractivity contribution < 1.29 is 0 Å². The fraction of sp³-hybridized carbons (Fsp3) is 0.458. The molecule has 1 aromatic heterocycles. The molecule has 0 bridgehead atoms. The van der Waals surface area contributed by atoms with Crippen LogP contribution in [0.3, 0.4) is 0 Å². The van der Waals surface area contributed by atoms with E-state index in [1.165, 1.54) is 58.3 Å². The van der Waals surface area contributed by atoms with Gasteiger partial charge in [-0.15, -0.1) is 0 Å². The fourth-order valence-electron chi connectivity index (χ4n) is 4.38. The second kappa shape index (κ2) is 7.47. The van der Waals surface area contributed by atoms with Gasteiger partial charge in [-0.25, -0.2) is 0 Å². The summed E-state index contributed by atoms with van der Waals surface area (Å²) in [6.45, 7) is 8.88. The molecule has 0 atom stereocenters. The first kappa shape index (κ1) is 18.2. The van der Waals surface area contributed by atoms with E-state index in [2.05, 4.69) is 68.1 Å². The van der Waals surface area contributed by atoms with E-state index in [0.29, 0.717) is 0 Å². The number of fused-ring (bicyclic) bond motifs is 1. The van der Waals surface area contributed by atoms with Gasteiger partial charge in [-0.3, -0.25) is 4.68 Å². The van der Waals surface area contributed by atoms with E-state index >= 15 is 0 Å². The Labute approximate surface area is 162 Å². The van der Waals surface area contributed by atoms with Crippen molar-refractivity contribution >= 4 is 10.9 Å². The molecule has 2 aromatic carbocycles. The van der Waals surface area contributed by atoms with E-state index < -0.39 is 0 Å². The van der Waals surface area contributed by atoms with Crippen LogP contribution in [0.5, 0.6) is 0 Å². The molecule has 3 nitrogen and oxygen atoms in total. The quantitative estimate of drug-likeness (QED) is 0.594. The van der Waals surface area contributed by atoms with Crippen LogP contribution in [-0.2, 0) is 13.5 Å². The predicted molar refractivity (Wildman–Crippen MR) is 114 cm³/mol.